The van der Waals surface area contributed by atoms with Gasteiger partial charge in [-0.25, -0.2) is 13.8 Å². The third-order valence-electron chi connectivity index (χ3n) is 5.13. The Morgan fingerprint density at radius 2 is 1.75 bits per heavy atom. The molecule has 2 aromatic carbocycles. The highest BCUT2D eigenvalue weighted by Gasteiger charge is 2.28. The molecule has 12 heteroatoms. The van der Waals surface area contributed by atoms with Crippen LogP contribution in [0.4, 0.5) is 33.5 Å². The van der Waals surface area contributed by atoms with Gasteiger partial charge in [0.25, 0.3) is 11.8 Å². The predicted octanol–water partition coefficient (Wildman–Crippen LogP) is 4.14. The Hall–Kier alpha value is -4.06. The number of nitrogens with one attached hydrogen (secondary N) is 2. The molecule has 0 saturated heterocycles. The molecule has 190 valence electrons. The van der Waals surface area contributed by atoms with Gasteiger partial charge in [0.05, 0.1) is 5.56 Å². The van der Waals surface area contributed by atoms with Crippen LogP contribution in [0.25, 0.3) is 11.1 Å². The predicted molar refractivity (Wildman–Crippen MR) is 122 cm³/mol. The fraction of sp³-hybridized carbons (Fsp3) is 0.208. The van der Waals surface area contributed by atoms with Crippen LogP contribution < -0.4 is 16.4 Å². The summed E-state index contributed by atoms with van der Waals surface area (Å²) in [6.07, 6.45) is -4.64. The minimum atomic E-state index is -4.60. The number of anilines is 2. The second kappa shape index (κ2) is 10.7. The number of hydrogen-bond donors (Lipinski definition) is 4. The van der Waals surface area contributed by atoms with Gasteiger partial charge in [0.15, 0.2) is 6.10 Å². The molecule has 0 aliphatic carbocycles. The number of aryl methyl sites for hydroxylation is 1. The lowest BCUT2D eigenvalue weighted by atomic mass is 9.97. The highest BCUT2D eigenvalue weighted by atomic mass is 19.4. The van der Waals surface area contributed by atoms with E-state index >= 15 is 0 Å². The lowest BCUT2D eigenvalue weighted by molar-refractivity contribution is -0.124. The highest BCUT2D eigenvalue weighted by molar-refractivity contribution is 5.99. The summed E-state index contributed by atoms with van der Waals surface area (Å²) in [6, 6.07) is 8.22. The van der Waals surface area contributed by atoms with E-state index in [0.29, 0.717) is 29.2 Å². The number of hydrogen-bond acceptors (Lipinski definition) is 5. The van der Waals surface area contributed by atoms with Gasteiger partial charge in [-0.15, -0.1) is 0 Å². The van der Waals surface area contributed by atoms with Crippen LogP contribution in [0.3, 0.4) is 0 Å². The van der Waals surface area contributed by atoms with Gasteiger partial charge in [0.2, 0.25) is 0 Å². The molecule has 0 saturated carbocycles. The summed E-state index contributed by atoms with van der Waals surface area (Å²) >= 11 is 0. The van der Waals surface area contributed by atoms with Crippen molar-refractivity contribution in [1.82, 2.24) is 10.3 Å². The first-order valence-electron chi connectivity index (χ1n) is 10.6. The van der Waals surface area contributed by atoms with Crippen molar-refractivity contribution >= 4 is 23.3 Å². The lowest BCUT2D eigenvalue weighted by Gasteiger charge is -2.15. The standard InChI is InChI=1S/C24H21F5N4O3/c1-2-12-7-17(33-23(36)20(34)13-5-15(25)9-16(26)6-13)3-4-18(12)14-8-19(21(30)31-10-14)22(35)32-11-24(27,28)29/h3-10,20,34H,2,11H2,1H3,(H2,30,31)(H,32,35)(H,33,36). The van der Waals surface area contributed by atoms with Crippen molar-refractivity contribution < 1.29 is 36.6 Å². The molecule has 3 rings (SSSR count). The van der Waals surface area contributed by atoms with Crippen LogP contribution >= 0.6 is 0 Å². The van der Waals surface area contributed by atoms with Crippen LogP contribution in [-0.2, 0) is 11.2 Å². The fourth-order valence-electron chi connectivity index (χ4n) is 3.42. The zero-order chi connectivity index (χ0) is 26.6. The summed E-state index contributed by atoms with van der Waals surface area (Å²) < 4.78 is 64.2. The molecular formula is C24H21F5N4O3. The number of amides is 2. The number of aliphatic hydroxyl groups excluding tert-OH is 1. The van der Waals surface area contributed by atoms with Crippen molar-refractivity contribution in [3.63, 3.8) is 0 Å². The number of pyridine rings is 1. The molecule has 3 aromatic rings. The molecule has 1 heterocycles. The number of carbonyl (C=O) groups excluding carboxylic acids is 2. The van der Waals surface area contributed by atoms with E-state index in [9.17, 15) is 36.6 Å². The number of aliphatic hydroxyl groups is 1. The van der Waals surface area contributed by atoms with E-state index in [0.717, 1.165) is 12.1 Å². The molecule has 0 fully saturated rings. The Balaban J connectivity index is 1.83. The second-order valence-electron chi connectivity index (χ2n) is 7.77. The van der Waals surface area contributed by atoms with Gasteiger partial charge in [0.1, 0.15) is 24.0 Å². The molecule has 0 radical (unpaired) electrons. The molecule has 1 aromatic heterocycles. The van der Waals surface area contributed by atoms with Crippen LogP contribution in [0.15, 0.2) is 48.7 Å². The van der Waals surface area contributed by atoms with Gasteiger partial charge in [-0.2, -0.15) is 13.2 Å². The maximum absolute atomic E-state index is 13.4. The summed E-state index contributed by atoms with van der Waals surface area (Å²) in [6.45, 7) is 0.273. The zero-order valence-corrected chi connectivity index (χ0v) is 18.8. The molecule has 7 nitrogen and oxygen atoms in total. The Labute approximate surface area is 202 Å². The molecule has 0 aliphatic heterocycles. The molecular weight excluding hydrogens is 487 g/mol. The number of benzene rings is 2. The summed E-state index contributed by atoms with van der Waals surface area (Å²) in [5, 5.41) is 14.4. The molecule has 5 N–H and O–H groups in total. The van der Waals surface area contributed by atoms with Crippen molar-refractivity contribution in [2.24, 2.45) is 0 Å². The van der Waals surface area contributed by atoms with Crippen molar-refractivity contribution in [3.8, 4) is 11.1 Å². The van der Waals surface area contributed by atoms with E-state index in [2.05, 4.69) is 10.3 Å². The second-order valence-corrected chi connectivity index (χ2v) is 7.77. The normalized spacial score (nSPS) is 12.2. The molecule has 1 atom stereocenters. The Kier molecular flexibility index (Phi) is 7.88. The topological polar surface area (TPSA) is 117 Å². The minimum Gasteiger partial charge on any atom is -0.383 e. The van der Waals surface area contributed by atoms with Crippen LogP contribution in [-0.4, -0.2) is 34.6 Å². The fourth-order valence-corrected chi connectivity index (χ4v) is 3.42. The number of halogens is 5. The first-order chi connectivity index (χ1) is 16.9. The van der Waals surface area contributed by atoms with Crippen LogP contribution in [0.5, 0.6) is 0 Å². The van der Waals surface area contributed by atoms with Crippen LogP contribution in [0, 0.1) is 11.6 Å². The molecule has 0 spiro atoms. The van der Waals surface area contributed by atoms with Gasteiger partial charge in [-0.3, -0.25) is 9.59 Å². The summed E-state index contributed by atoms with van der Waals surface area (Å²) in [5.41, 5.74) is 7.07. The Morgan fingerprint density at radius 1 is 1.08 bits per heavy atom. The number of rotatable bonds is 7. The number of carbonyl (C=O) groups is 2. The molecule has 0 aliphatic rings. The van der Waals surface area contributed by atoms with Gasteiger partial charge in [0, 0.05) is 23.5 Å². The van der Waals surface area contributed by atoms with Gasteiger partial charge < -0.3 is 21.5 Å². The lowest BCUT2D eigenvalue weighted by Crippen LogP contribution is -2.34. The zero-order valence-electron chi connectivity index (χ0n) is 18.8. The summed E-state index contributed by atoms with van der Waals surface area (Å²) in [4.78, 5) is 28.5. The monoisotopic (exact) mass is 508 g/mol. The van der Waals surface area contributed by atoms with Gasteiger partial charge >= 0.3 is 6.18 Å². The van der Waals surface area contributed by atoms with E-state index < -0.39 is 42.3 Å². The first kappa shape index (κ1) is 26.5. The minimum absolute atomic E-state index is 0.235. The average Bonchev–Trinajstić information content (AvgIpc) is 2.81. The number of nitrogens with zero attached hydrogens (tertiary/aromatic N) is 1. The summed E-state index contributed by atoms with van der Waals surface area (Å²) in [5.74, 6) is -4.10. The van der Waals surface area contributed by atoms with E-state index in [1.807, 2.05) is 0 Å². The molecule has 1 unspecified atom stereocenters. The van der Waals surface area contributed by atoms with Crippen molar-refractivity contribution in [3.05, 3.63) is 77.0 Å². The van der Waals surface area contributed by atoms with Gasteiger partial charge in [-0.05, 0) is 53.4 Å². The average molecular weight is 508 g/mol. The van der Waals surface area contributed by atoms with E-state index in [4.69, 9.17) is 5.73 Å². The van der Waals surface area contributed by atoms with E-state index in [1.165, 1.54) is 18.3 Å². The van der Waals surface area contributed by atoms with Crippen LogP contribution in [0.2, 0.25) is 0 Å². The summed E-state index contributed by atoms with van der Waals surface area (Å²) in [7, 11) is 0. The number of nitrogen functional groups attached to an aromatic ring is 1. The molecule has 0 bridgehead atoms. The Bertz CT molecular complexity index is 1280. The third-order valence-corrected chi connectivity index (χ3v) is 5.13. The largest absolute Gasteiger partial charge is 0.405 e. The number of alkyl halides is 3. The van der Waals surface area contributed by atoms with Crippen molar-refractivity contribution in [1.29, 1.82) is 0 Å². The third kappa shape index (κ3) is 6.54. The van der Waals surface area contributed by atoms with Crippen LogP contribution in [0.1, 0.15) is 34.5 Å². The van der Waals surface area contributed by atoms with E-state index in [-0.39, 0.29) is 22.6 Å². The maximum atomic E-state index is 13.4. The highest BCUT2D eigenvalue weighted by Crippen LogP contribution is 2.29. The maximum Gasteiger partial charge on any atom is 0.405 e. The quantitative estimate of drug-likeness (QED) is 0.358. The van der Waals surface area contributed by atoms with Crippen molar-refractivity contribution in [2.45, 2.75) is 25.6 Å². The SMILES string of the molecule is CCc1cc(NC(=O)C(O)c2cc(F)cc(F)c2)ccc1-c1cnc(N)c(C(=O)NCC(F)(F)F)c1. The molecule has 2 amide bonds. The Morgan fingerprint density at radius 3 is 2.36 bits per heavy atom. The van der Waals surface area contributed by atoms with Gasteiger partial charge in [-0.1, -0.05) is 13.0 Å². The molecule has 36 heavy (non-hydrogen) atoms. The van der Waals surface area contributed by atoms with E-state index in [1.54, 1.807) is 24.4 Å². The number of aromatic nitrogens is 1. The number of nitrogens with two attached hydrogens (primary N) is 1. The van der Waals surface area contributed by atoms with Crippen molar-refractivity contribution in [2.75, 3.05) is 17.6 Å². The first-order valence-corrected chi connectivity index (χ1v) is 10.6. The smallest absolute Gasteiger partial charge is 0.383 e.